The quantitative estimate of drug-likeness (QED) is 0.651. The van der Waals surface area contributed by atoms with Crippen molar-refractivity contribution in [3.05, 3.63) is 58.7 Å². The monoisotopic (exact) mass is 296 g/mol. The van der Waals surface area contributed by atoms with Crippen LogP contribution in [-0.4, -0.2) is 5.78 Å². The Kier molecular flexibility index (Phi) is 4.55. The maximum atomic E-state index is 12.7. The van der Waals surface area contributed by atoms with Crippen molar-refractivity contribution in [1.29, 1.82) is 0 Å². The van der Waals surface area contributed by atoms with Gasteiger partial charge in [0, 0.05) is 22.5 Å². The highest BCUT2D eigenvalue weighted by molar-refractivity contribution is 6.09. The minimum Gasteiger partial charge on any atom is -0.398 e. The second-order valence-electron chi connectivity index (χ2n) is 6.33. The van der Waals surface area contributed by atoms with Gasteiger partial charge in [-0.1, -0.05) is 27.7 Å². The first-order chi connectivity index (χ1) is 10.3. The smallest absolute Gasteiger partial charge is 0.193 e. The molecule has 0 saturated heterocycles. The van der Waals surface area contributed by atoms with Crippen molar-refractivity contribution in [2.24, 2.45) is 0 Å². The van der Waals surface area contributed by atoms with Gasteiger partial charge in [-0.05, 0) is 59.4 Å². The molecule has 2 aromatic rings. The summed E-state index contributed by atoms with van der Waals surface area (Å²) in [6.07, 6.45) is 0. The zero-order valence-electron chi connectivity index (χ0n) is 13.7. The fourth-order valence-corrected chi connectivity index (χ4v) is 2.60. The molecule has 3 nitrogen and oxygen atoms in total. The predicted molar refractivity (Wildman–Crippen MR) is 93.3 cm³/mol. The molecule has 2 rings (SSSR count). The molecule has 0 heterocycles. The standard InChI is InChI=1S/C19H24N2O/c1-11(2)15-9-13(5-7-17(15)20)19(22)14-6-8-18(21)16(10-14)12(3)4/h5-12H,20-21H2,1-4H3. The van der Waals surface area contributed by atoms with Gasteiger partial charge in [0.15, 0.2) is 5.78 Å². The van der Waals surface area contributed by atoms with E-state index in [-0.39, 0.29) is 17.6 Å². The van der Waals surface area contributed by atoms with Gasteiger partial charge in [0.05, 0.1) is 0 Å². The van der Waals surface area contributed by atoms with E-state index in [0.717, 1.165) is 22.5 Å². The summed E-state index contributed by atoms with van der Waals surface area (Å²) in [7, 11) is 0. The van der Waals surface area contributed by atoms with Crippen LogP contribution in [0.3, 0.4) is 0 Å². The Morgan fingerprint density at radius 2 is 1.14 bits per heavy atom. The summed E-state index contributed by atoms with van der Waals surface area (Å²) >= 11 is 0. The number of hydrogen-bond donors (Lipinski definition) is 2. The Bertz CT molecular complexity index is 643. The Labute approximate surface area is 132 Å². The van der Waals surface area contributed by atoms with Crippen molar-refractivity contribution in [3.8, 4) is 0 Å². The van der Waals surface area contributed by atoms with Crippen LogP contribution in [0.1, 0.15) is 66.6 Å². The molecule has 0 saturated carbocycles. The largest absolute Gasteiger partial charge is 0.398 e. The van der Waals surface area contributed by atoms with Crippen LogP contribution in [0.4, 0.5) is 11.4 Å². The number of hydrogen-bond acceptors (Lipinski definition) is 3. The Hall–Kier alpha value is -2.29. The molecule has 0 aromatic heterocycles. The van der Waals surface area contributed by atoms with Crippen LogP contribution in [0.15, 0.2) is 36.4 Å². The first kappa shape index (κ1) is 16.1. The molecule has 0 atom stereocenters. The summed E-state index contributed by atoms with van der Waals surface area (Å²) in [5.74, 6) is 0.569. The van der Waals surface area contributed by atoms with E-state index in [0.29, 0.717) is 11.1 Å². The van der Waals surface area contributed by atoms with Gasteiger partial charge in [0.2, 0.25) is 0 Å². The maximum Gasteiger partial charge on any atom is 0.193 e. The van der Waals surface area contributed by atoms with Crippen molar-refractivity contribution in [1.82, 2.24) is 0 Å². The Morgan fingerprint density at radius 1 is 0.773 bits per heavy atom. The predicted octanol–water partition coefficient (Wildman–Crippen LogP) is 4.33. The van der Waals surface area contributed by atoms with Gasteiger partial charge in [-0.15, -0.1) is 0 Å². The zero-order chi connectivity index (χ0) is 16.4. The van der Waals surface area contributed by atoms with E-state index >= 15 is 0 Å². The van der Waals surface area contributed by atoms with Gasteiger partial charge in [0.25, 0.3) is 0 Å². The van der Waals surface area contributed by atoms with Crippen molar-refractivity contribution in [3.63, 3.8) is 0 Å². The molecule has 3 heteroatoms. The topological polar surface area (TPSA) is 69.1 Å². The third-order valence-electron chi connectivity index (χ3n) is 3.94. The van der Waals surface area contributed by atoms with E-state index in [2.05, 4.69) is 27.7 Å². The lowest BCUT2D eigenvalue weighted by Crippen LogP contribution is -2.06. The highest BCUT2D eigenvalue weighted by Crippen LogP contribution is 2.27. The molecule has 0 aliphatic carbocycles. The third kappa shape index (κ3) is 3.14. The minimum atomic E-state index is 0.00352. The first-order valence-electron chi connectivity index (χ1n) is 7.64. The number of benzene rings is 2. The summed E-state index contributed by atoms with van der Waals surface area (Å²) in [6, 6.07) is 11.0. The number of carbonyl (C=O) groups excluding carboxylic acids is 1. The van der Waals surface area contributed by atoms with Crippen molar-refractivity contribution in [2.75, 3.05) is 11.5 Å². The van der Waals surface area contributed by atoms with Crippen LogP contribution in [0.2, 0.25) is 0 Å². The summed E-state index contributed by atoms with van der Waals surface area (Å²) in [5.41, 5.74) is 16.8. The van der Waals surface area contributed by atoms with Gasteiger partial charge >= 0.3 is 0 Å². The minimum absolute atomic E-state index is 0.00352. The average molecular weight is 296 g/mol. The molecule has 22 heavy (non-hydrogen) atoms. The molecule has 0 fully saturated rings. The fourth-order valence-electron chi connectivity index (χ4n) is 2.60. The number of carbonyl (C=O) groups is 1. The molecule has 0 bridgehead atoms. The van der Waals surface area contributed by atoms with Crippen molar-refractivity contribution < 1.29 is 4.79 Å². The van der Waals surface area contributed by atoms with Crippen LogP contribution in [0.5, 0.6) is 0 Å². The van der Waals surface area contributed by atoms with Gasteiger partial charge < -0.3 is 11.5 Å². The number of anilines is 2. The van der Waals surface area contributed by atoms with Gasteiger partial charge in [-0.2, -0.15) is 0 Å². The van der Waals surface area contributed by atoms with Gasteiger partial charge in [-0.3, -0.25) is 4.79 Å². The lowest BCUT2D eigenvalue weighted by Gasteiger charge is -2.13. The molecule has 0 spiro atoms. The van der Waals surface area contributed by atoms with E-state index in [1.165, 1.54) is 0 Å². The molecule has 116 valence electrons. The Balaban J connectivity index is 2.44. The molecule has 0 aliphatic rings. The summed E-state index contributed by atoms with van der Waals surface area (Å²) in [4.78, 5) is 12.7. The first-order valence-corrected chi connectivity index (χ1v) is 7.64. The Morgan fingerprint density at radius 3 is 1.45 bits per heavy atom. The van der Waals surface area contributed by atoms with Gasteiger partial charge in [-0.25, -0.2) is 0 Å². The van der Waals surface area contributed by atoms with E-state index in [1.807, 2.05) is 24.3 Å². The SMILES string of the molecule is CC(C)c1cc(C(=O)c2ccc(N)c(C(C)C)c2)ccc1N. The average Bonchev–Trinajstić information content (AvgIpc) is 2.47. The van der Waals surface area contributed by atoms with E-state index in [4.69, 9.17) is 11.5 Å². The van der Waals surface area contributed by atoms with Crippen LogP contribution < -0.4 is 11.5 Å². The lowest BCUT2D eigenvalue weighted by molar-refractivity contribution is 0.103. The van der Waals surface area contributed by atoms with Crippen LogP contribution in [0, 0.1) is 0 Å². The zero-order valence-corrected chi connectivity index (χ0v) is 13.7. The number of nitrogens with two attached hydrogens (primary N) is 2. The molecular formula is C19H24N2O. The summed E-state index contributed by atoms with van der Waals surface area (Å²) in [6.45, 7) is 8.28. The summed E-state index contributed by atoms with van der Waals surface area (Å²) in [5, 5.41) is 0. The molecule has 0 amide bonds. The van der Waals surface area contributed by atoms with E-state index in [9.17, 15) is 4.79 Å². The molecule has 0 aliphatic heterocycles. The summed E-state index contributed by atoms with van der Waals surface area (Å²) < 4.78 is 0. The highest BCUT2D eigenvalue weighted by Gasteiger charge is 2.15. The number of nitrogen functional groups attached to an aromatic ring is 2. The van der Waals surface area contributed by atoms with Crippen LogP contribution in [-0.2, 0) is 0 Å². The molecule has 2 aromatic carbocycles. The van der Waals surface area contributed by atoms with Crippen molar-refractivity contribution >= 4 is 17.2 Å². The normalized spacial score (nSPS) is 11.2. The van der Waals surface area contributed by atoms with E-state index in [1.54, 1.807) is 12.1 Å². The molecular weight excluding hydrogens is 272 g/mol. The second-order valence-corrected chi connectivity index (χ2v) is 6.33. The second kappa shape index (κ2) is 6.22. The third-order valence-corrected chi connectivity index (χ3v) is 3.94. The maximum absolute atomic E-state index is 12.7. The lowest BCUT2D eigenvalue weighted by atomic mass is 9.93. The molecule has 0 radical (unpaired) electrons. The van der Waals surface area contributed by atoms with Crippen LogP contribution in [0.25, 0.3) is 0 Å². The van der Waals surface area contributed by atoms with Gasteiger partial charge in [0.1, 0.15) is 0 Å². The van der Waals surface area contributed by atoms with E-state index < -0.39 is 0 Å². The van der Waals surface area contributed by atoms with Crippen LogP contribution >= 0.6 is 0 Å². The number of rotatable bonds is 4. The highest BCUT2D eigenvalue weighted by atomic mass is 16.1. The number of ketones is 1. The van der Waals surface area contributed by atoms with Crippen molar-refractivity contribution in [2.45, 2.75) is 39.5 Å². The fraction of sp³-hybridized carbons (Fsp3) is 0.316. The molecule has 4 N–H and O–H groups in total. The molecule has 0 unspecified atom stereocenters.